The molecule has 1 aromatic carbocycles. The predicted octanol–water partition coefficient (Wildman–Crippen LogP) is 1.46. The molecular weight excluding hydrogens is 358 g/mol. The molecule has 0 unspecified atom stereocenters. The lowest BCUT2D eigenvalue weighted by Gasteiger charge is -2.28. The third-order valence-corrected chi connectivity index (χ3v) is 4.95. The first-order valence-electron chi connectivity index (χ1n) is 9.06. The smallest absolute Gasteiger partial charge is 0.323 e. The number of carboxylic acid groups (broad SMARTS) is 1. The van der Waals surface area contributed by atoms with Crippen LogP contribution in [0.4, 0.5) is 5.69 Å². The summed E-state index contributed by atoms with van der Waals surface area (Å²) in [5, 5.41) is 9.02. The topological polar surface area (TPSA) is 117 Å². The van der Waals surface area contributed by atoms with Crippen LogP contribution in [-0.4, -0.2) is 37.1 Å². The number of H-pyrrole nitrogens is 1. The average Bonchev–Trinajstić information content (AvgIpc) is 3.08. The van der Waals surface area contributed by atoms with Gasteiger partial charge in [0.1, 0.15) is 12.4 Å². The van der Waals surface area contributed by atoms with Gasteiger partial charge >= 0.3 is 5.97 Å². The number of anilines is 1. The Kier molecular flexibility index (Phi) is 4.70. The van der Waals surface area contributed by atoms with E-state index in [0.29, 0.717) is 36.6 Å². The molecule has 0 amide bonds. The fourth-order valence-electron chi connectivity index (χ4n) is 3.52. The van der Waals surface area contributed by atoms with E-state index in [9.17, 15) is 9.59 Å². The van der Waals surface area contributed by atoms with Crippen LogP contribution >= 0.6 is 0 Å². The molecule has 0 fully saturated rings. The zero-order valence-corrected chi connectivity index (χ0v) is 15.3. The van der Waals surface area contributed by atoms with Crippen molar-refractivity contribution in [3.05, 3.63) is 69.9 Å². The number of hydrogen-bond acceptors (Lipinski definition) is 5. The molecule has 8 heteroatoms. The normalized spacial score (nSPS) is 14.0. The minimum atomic E-state index is -0.878. The van der Waals surface area contributed by atoms with E-state index in [0.717, 1.165) is 23.5 Å². The van der Waals surface area contributed by atoms with E-state index < -0.39 is 5.97 Å². The highest BCUT2D eigenvalue weighted by atomic mass is 16.4. The summed E-state index contributed by atoms with van der Waals surface area (Å²) in [5.74, 6) is -0.329. The molecule has 144 valence electrons. The Hall–Kier alpha value is -3.39. The second kappa shape index (κ2) is 7.32. The van der Waals surface area contributed by atoms with Crippen molar-refractivity contribution >= 4 is 11.7 Å². The van der Waals surface area contributed by atoms with E-state index in [-0.39, 0.29) is 12.1 Å². The Balaban J connectivity index is 1.55. The number of aromatic amines is 1. The lowest BCUT2D eigenvalue weighted by Crippen LogP contribution is -2.36. The lowest BCUT2D eigenvalue weighted by molar-refractivity contribution is -0.137. The summed E-state index contributed by atoms with van der Waals surface area (Å²) in [6, 6.07) is 11.0. The zero-order chi connectivity index (χ0) is 19.7. The number of nitrogens with two attached hydrogens (primary N) is 1. The Morgan fingerprint density at radius 2 is 2.04 bits per heavy atom. The van der Waals surface area contributed by atoms with E-state index >= 15 is 0 Å². The molecule has 3 aromatic rings. The zero-order valence-electron chi connectivity index (χ0n) is 15.3. The minimum Gasteiger partial charge on any atom is -0.480 e. The predicted molar refractivity (Wildman–Crippen MR) is 105 cm³/mol. The number of aromatic nitrogens is 3. The number of rotatable bonds is 5. The van der Waals surface area contributed by atoms with Crippen molar-refractivity contribution in [2.24, 2.45) is 0 Å². The van der Waals surface area contributed by atoms with Crippen LogP contribution < -0.4 is 11.3 Å². The maximum Gasteiger partial charge on any atom is 0.323 e. The Bertz CT molecular complexity index is 1070. The molecule has 0 spiro atoms. The summed E-state index contributed by atoms with van der Waals surface area (Å²) >= 11 is 0. The standard InChI is InChI=1S/C20H21N5O3/c21-14-5-3-13(4-6-14)19-22-17-7-9-24(11-16(17)20(28)23-19)10-15-2-1-8-25(15)12-18(26)27/h1-6,8H,7,9-12,21H2,(H,26,27)(H,22,23,28). The number of aliphatic carboxylic acids is 1. The molecule has 1 aliphatic heterocycles. The van der Waals surface area contributed by atoms with Crippen molar-refractivity contribution in [2.45, 2.75) is 26.1 Å². The van der Waals surface area contributed by atoms with Gasteiger partial charge < -0.3 is 20.4 Å². The van der Waals surface area contributed by atoms with Gasteiger partial charge in [0, 0.05) is 49.2 Å². The summed E-state index contributed by atoms with van der Waals surface area (Å²) < 4.78 is 1.71. The van der Waals surface area contributed by atoms with Gasteiger partial charge in [0.25, 0.3) is 5.56 Å². The summed E-state index contributed by atoms with van der Waals surface area (Å²) in [6.45, 7) is 1.75. The number of nitrogen functional groups attached to an aromatic ring is 1. The number of fused-ring (bicyclic) bond motifs is 1. The van der Waals surface area contributed by atoms with Crippen molar-refractivity contribution in [1.82, 2.24) is 19.4 Å². The molecule has 0 aliphatic carbocycles. The van der Waals surface area contributed by atoms with Crippen LogP contribution in [-0.2, 0) is 30.8 Å². The lowest BCUT2D eigenvalue weighted by atomic mass is 10.1. The van der Waals surface area contributed by atoms with Gasteiger partial charge in [-0.05, 0) is 36.4 Å². The summed E-state index contributed by atoms with van der Waals surface area (Å²) in [4.78, 5) is 33.3. The maximum atomic E-state index is 12.7. The van der Waals surface area contributed by atoms with Crippen molar-refractivity contribution in [2.75, 3.05) is 12.3 Å². The van der Waals surface area contributed by atoms with E-state index in [1.807, 2.05) is 24.3 Å². The second-order valence-corrected chi connectivity index (χ2v) is 6.94. The molecule has 1 aliphatic rings. The first-order valence-corrected chi connectivity index (χ1v) is 9.06. The van der Waals surface area contributed by atoms with Gasteiger partial charge in [-0.3, -0.25) is 14.5 Å². The third-order valence-electron chi connectivity index (χ3n) is 4.95. The molecule has 4 rings (SSSR count). The summed E-state index contributed by atoms with van der Waals surface area (Å²) in [6.07, 6.45) is 2.43. The van der Waals surface area contributed by atoms with E-state index in [1.165, 1.54) is 0 Å². The van der Waals surface area contributed by atoms with Crippen LogP contribution in [0.15, 0.2) is 47.4 Å². The monoisotopic (exact) mass is 379 g/mol. The van der Waals surface area contributed by atoms with Crippen LogP contribution in [0.5, 0.6) is 0 Å². The number of carboxylic acids is 1. The number of nitrogens with one attached hydrogen (secondary N) is 1. The number of benzene rings is 1. The Morgan fingerprint density at radius 3 is 2.79 bits per heavy atom. The molecule has 3 heterocycles. The first-order chi connectivity index (χ1) is 13.5. The van der Waals surface area contributed by atoms with Gasteiger partial charge in [0.2, 0.25) is 0 Å². The second-order valence-electron chi connectivity index (χ2n) is 6.94. The molecule has 0 saturated carbocycles. The number of nitrogens with zero attached hydrogens (tertiary/aromatic N) is 3. The molecule has 0 saturated heterocycles. The molecule has 0 bridgehead atoms. The van der Waals surface area contributed by atoms with Gasteiger partial charge in [0.05, 0.1) is 11.3 Å². The van der Waals surface area contributed by atoms with Crippen molar-refractivity contribution < 1.29 is 9.90 Å². The molecule has 0 atom stereocenters. The van der Waals surface area contributed by atoms with E-state index in [4.69, 9.17) is 10.8 Å². The van der Waals surface area contributed by atoms with Gasteiger partial charge in [-0.1, -0.05) is 0 Å². The van der Waals surface area contributed by atoms with Crippen LogP contribution in [0.25, 0.3) is 11.4 Å². The molecule has 28 heavy (non-hydrogen) atoms. The van der Waals surface area contributed by atoms with Gasteiger partial charge in [-0.25, -0.2) is 4.98 Å². The van der Waals surface area contributed by atoms with Crippen LogP contribution in [0.3, 0.4) is 0 Å². The third kappa shape index (κ3) is 3.67. The highest BCUT2D eigenvalue weighted by molar-refractivity contribution is 5.66. The molecule has 2 aromatic heterocycles. The molecule has 4 N–H and O–H groups in total. The molecule has 8 nitrogen and oxygen atoms in total. The molecular formula is C20H21N5O3. The fraction of sp³-hybridized carbons (Fsp3) is 0.250. The van der Waals surface area contributed by atoms with E-state index in [2.05, 4.69) is 14.9 Å². The highest BCUT2D eigenvalue weighted by Gasteiger charge is 2.22. The fourth-order valence-corrected chi connectivity index (χ4v) is 3.52. The van der Waals surface area contributed by atoms with Gasteiger partial charge in [0.15, 0.2) is 0 Å². The summed E-state index contributed by atoms with van der Waals surface area (Å²) in [7, 11) is 0. The van der Waals surface area contributed by atoms with Crippen molar-refractivity contribution in [1.29, 1.82) is 0 Å². The van der Waals surface area contributed by atoms with E-state index in [1.54, 1.807) is 22.9 Å². The number of hydrogen-bond donors (Lipinski definition) is 3. The maximum absolute atomic E-state index is 12.7. The van der Waals surface area contributed by atoms with Gasteiger partial charge in [-0.2, -0.15) is 0 Å². The highest BCUT2D eigenvalue weighted by Crippen LogP contribution is 2.21. The average molecular weight is 379 g/mol. The first kappa shape index (κ1) is 18.0. The van der Waals surface area contributed by atoms with Crippen molar-refractivity contribution in [3.8, 4) is 11.4 Å². The Labute approximate surface area is 161 Å². The molecule has 0 radical (unpaired) electrons. The minimum absolute atomic E-state index is 0.0696. The van der Waals surface area contributed by atoms with Crippen LogP contribution in [0.2, 0.25) is 0 Å². The van der Waals surface area contributed by atoms with Crippen molar-refractivity contribution in [3.63, 3.8) is 0 Å². The summed E-state index contributed by atoms with van der Waals surface area (Å²) in [5.41, 5.74) is 9.46. The quantitative estimate of drug-likeness (QED) is 0.578. The van der Waals surface area contributed by atoms with Gasteiger partial charge in [-0.15, -0.1) is 0 Å². The van der Waals surface area contributed by atoms with Crippen LogP contribution in [0, 0.1) is 0 Å². The number of carbonyl (C=O) groups is 1. The SMILES string of the molecule is Nc1ccc(-c2nc3c(c(=O)[nH]2)CN(Cc2cccn2CC(=O)O)CC3)cc1. The largest absolute Gasteiger partial charge is 0.480 e. The van der Waals surface area contributed by atoms with Crippen LogP contribution in [0.1, 0.15) is 17.0 Å². The Morgan fingerprint density at radius 1 is 1.25 bits per heavy atom.